The van der Waals surface area contributed by atoms with Crippen LogP contribution in [0.1, 0.15) is 45.2 Å². The number of hydrogen-bond acceptors (Lipinski definition) is 3. The van der Waals surface area contributed by atoms with Crippen molar-refractivity contribution in [1.82, 2.24) is 10.2 Å². The lowest BCUT2D eigenvalue weighted by molar-refractivity contribution is -0.143. The Bertz CT molecular complexity index is 901. The lowest BCUT2D eigenvalue weighted by Gasteiger charge is -2.31. The predicted molar refractivity (Wildman–Crippen MR) is 130 cm³/mol. The molecule has 0 aliphatic heterocycles. The van der Waals surface area contributed by atoms with Crippen LogP contribution in [0.15, 0.2) is 42.5 Å². The number of carbonyl (C=O) groups excluding carboxylic acids is 2. The van der Waals surface area contributed by atoms with E-state index in [1.165, 1.54) is 5.56 Å². The summed E-state index contributed by atoms with van der Waals surface area (Å²) in [4.78, 5) is 27.6. The van der Waals surface area contributed by atoms with Crippen molar-refractivity contribution in [2.24, 2.45) is 5.92 Å². The fourth-order valence-corrected chi connectivity index (χ4v) is 3.55. The van der Waals surface area contributed by atoms with E-state index < -0.39 is 6.04 Å². The standard InChI is InChI=1S/C25H32Cl2N2O3/c1-5-18-7-10-20(11-8-18)32-16-24(30)29(15-19-9-12-21(26)22(27)13-19)23(6-2)25(31)28-14-17(3)4/h7-13,17,23H,5-6,14-16H2,1-4H3,(H,28,31)/t23-/m1/s1. The minimum atomic E-state index is -0.623. The van der Waals surface area contributed by atoms with Crippen LogP contribution in [0.3, 0.4) is 0 Å². The van der Waals surface area contributed by atoms with E-state index in [4.69, 9.17) is 27.9 Å². The topological polar surface area (TPSA) is 58.6 Å². The molecule has 0 aromatic heterocycles. The molecule has 32 heavy (non-hydrogen) atoms. The van der Waals surface area contributed by atoms with Gasteiger partial charge in [-0.1, -0.05) is 69.1 Å². The Morgan fingerprint density at radius 3 is 2.22 bits per heavy atom. The van der Waals surface area contributed by atoms with Crippen molar-refractivity contribution in [3.05, 3.63) is 63.6 Å². The third kappa shape index (κ3) is 7.72. The van der Waals surface area contributed by atoms with Gasteiger partial charge >= 0.3 is 0 Å². The lowest BCUT2D eigenvalue weighted by atomic mass is 10.1. The van der Waals surface area contributed by atoms with Crippen molar-refractivity contribution in [2.45, 2.75) is 53.1 Å². The smallest absolute Gasteiger partial charge is 0.261 e. The number of nitrogens with one attached hydrogen (secondary N) is 1. The summed E-state index contributed by atoms with van der Waals surface area (Å²) in [6, 6.07) is 12.2. The Hall–Kier alpha value is -2.24. The normalized spacial score (nSPS) is 11.8. The fourth-order valence-electron chi connectivity index (χ4n) is 3.23. The Balaban J connectivity index is 2.20. The zero-order valence-electron chi connectivity index (χ0n) is 19.2. The number of carbonyl (C=O) groups is 2. The summed E-state index contributed by atoms with van der Waals surface area (Å²) >= 11 is 12.2. The van der Waals surface area contributed by atoms with E-state index in [1.807, 2.05) is 45.0 Å². The van der Waals surface area contributed by atoms with E-state index in [-0.39, 0.29) is 25.0 Å². The molecular weight excluding hydrogens is 447 g/mol. The molecule has 7 heteroatoms. The van der Waals surface area contributed by atoms with E-state index in [0.717, 1.165) is 12.0 Å². The van der Waals surface area contributed by atoms with Crippen molar-refractivity contribution in [3.8, 4) is 5.75 Å². The van der Waals surface area contributed by atoms with Crippen LogP contribution in [0.25, 0.3) is 0 Å². The highest BCUT2D eigenvalue weighted by Gasteiger charge is 2.29. The second kappa shape index (κ2) is 12.7. The SMILES string of the molecule is CCc1ccc(OCC(=O)N(Cc2ccc(Cl)c(Cl)c2)[C@H](CC)C(=O)NCC(C)C)cc1. The Labute approximate surface area is 201 Å². The third-order valence-corrected chi connectivity index (χ3v) is 5.84. The zero-order valence-corrected chi connectivity index (χ0v) is 20.7. The van der Waals surface area contributed by atoms with Gasteiger partial charge in [0.2, 0.25) is 5.91 Å². The molecule has 2 aromatic carbocycles. The van der Waals surface area contributed by atoms with Gasteiger partial charge in [0.25, 0.3) is 5.91 Å². The molecule has 0 bridgehead atoms. The molecule has 174 valence electrons. The van der Waals surface area contributed by atoms with Crippen LogP contribution in [0.5, 0.6) is 5.75 Å². The van der Waals surface area contributed by atoms with Crippen LogP contribution in [-0.4, -0.2) is 35.9 Å². The van der Waals surface area contributed by atoms with Gasteiger partial charge in [-0.2, -0.15) is 0 Å². The molecule has 1 N–H and O–H groups in total. The Morgan fingerprint density at radius 2 is 1.66 bits per heavy atom. The monoisotopic (exact) mass is 478 g/mol. The summed E-state index contributed by atoms with van der Waals surface area (Å²) < 4.78 is 5.73. The number of benzene rings is 2. The summed E-state index contributed by atoms with van der Waals surface area (Å²) in [5, 5.41) is 3.78. The fraction of sp³-hybridized carbons (Fsp3) is 0.440. The van der Waals surface area contributed by atoms with Gasteiger partial charge in [-0.3, -0.25) is 9.59 Å². The van der Waals surface area contributed by atoms with Crippen molar-refractivity contribution in [3.63, 3.8) is 0 Å². The van der Waals surface area contributed by atoms with E-state index in [1.54, 1.807) is 23.1 Å². The summed E-state index contributed by atoms with van der Waals surface area (Å²) in [7, 11) is 0. The quantitative estimate of drug-likeness (QED) is 0.462. The summed E-state index contributed by atoms with van der Waals surface area (Å²) in [5.74, 6) is 0.469. The van der Waals surface area contributed by atoms with Gasteiger partial charge in [0, 0.05) is 13.1 Å². The van der Waals surface area contributed by atoms with Crippen LogP contribution in [0, 0.1) is 5.92 Å². The summed E-state index contributed by atoms with van der Waals surface area (Å²) in [6.07, 6.45) is 1.41. The Kier molecular flexibility index (Phi) is 10.3. The highest BCUT2D eigenvalue weighted by Crippen LogP contribution is 2.24. The van der Waals surface area contributed by atoms with Crippen LogP contribution in [0.4, 0.5) is 0 Å². The minimum Gasteiger partial charge on any atom is -0.484 e. The largest absolute Gasteiger partial charge is 0.484 e. The average Bonchev–Trinajstić information content (AvgIpc) is 2.78. The number of amides is 2. The number of hydrogen-bond donors (Lipinski definition) is 1. The lowest BCUT2D eigenvalue weighted by Crippen LogP contribution is -2.50. The van der Waals surface area contributed by atoms with Gasteiger partial charge < -0.3 is 15.0 Å². The molecule has 0 spiro atoms. The molecule has 2 rings (SSSR count). The summed E-state index contributed by atoms with van der Waals surface area (Å²) in [6.45, 7) is 8.62. The first-order chi connectivity index (χ1) is 15.2. The maximum Gasteiger partial charge on any atom is 0.261 e. The van der Waals surface area contributed by atoms with Gasteiger partial charge in [0.15, 0.2) is 6.61 Å². The third-order valence-electron chi connectivity index (χ3n) is 5.10. The molecule has 1 atom stereocenters. The minimum absolute atomic E-state index is 0.166. The molecule has 0 radical (unpaired) electrons. The first kappa shape index (κ1) is 26.0. The van der Waals surface area contributed by atoms with Gasteiger partial charge in [-0.25, -0.2) is 0 Å². The second-order valence-corrected chi connectivity index (χ2v) is 8.93. The number of halogens is 2. The van der Waals surface area contributed by atoms with Crippen LogP contribution in [-0.2, 0) is 22.6 Å². The Morgan fingerprint density at radius 1 is 1.00 bits per heavy atom. The molecule has 0 unspecified atom stereocenters. The van der Waals surface area contributed by atoms with Crippen molar-refractivity contribution in [2.75, 3.05) is 13.2 Å². The van der Waals surface area contributed by atoms with Crippen molar-refractivity contribution < 1.29 is 14.3 Å². The molecule has 0 aliphatic carbocycles. The molecule has 0 saturated heterocycles. The molecule has 2 aromatic rings. The van der Waals surface area contributed by atoms with Crippen molar-refractivity contribution in [1.29, 1.82) is 0 Å². The first-order valence-corrected chi connectivity index (χ1v) is 11.7. The van der Waals surface area contributed by atoms with E-state index in [2.05, 4.69) is 12.2 Å². The van der Waals surface area contributed by atoms with Gasteiger partial charge in [-0.05, 0) is 54.2 Å². The molecular formula is C25H32Cl2N2O3. The van der Waals surface area contributed by atoms with Crippen molar-refractivity contribution >= 4 is 35.0 Å². The zero-order chi connectivity index (χ0) is 23.7. The molecule has 2 amide bonds. The van der Waals surface area contributed by atoms with Gasteiger partial charge in [0.1, 0.15) is 11.8 Å². The highest BCUT2D eigenvalue weighted by molar-refractivity contribution is 6.42. The molecule has 0 saturated carbocycles. The highest BCUT2D eigenvalue weighted by atomic mass is 35.5. The predicted octanol–water partition coefficient (Wildman–Crippen LogP) is 5.51. The average molecular weight is 479 g/mol. The number of ether oxygens (including phenoxy) is 1. The molecule has 5 nitrogen and oxygen atoms in total. The van der Waals surface area contributed by atoms with E-state index in [9.17, 15) is 9.59 Å². The van der Waals surface area contributed by atoms with Crippen LogP contribution >= 0.6 is 23.2 Å². The van der Waals surface area contributed by atoms with Gasteiger partial charge in [0.05, 0.1) is 10.0 Å². The molecule has 0 fully saturated rings. The molecule has 0 heterocycles. The summed E-state index contributed by atoms with van der Waals surface area (Å²) in [5.41, 5.74) is 1.98. The van der Waals surface area contributed by atoms with E-state index in [0.29, 0.717) is 34.7 Å². The van der Waals surface area contributed by atoms with Gasteiger partial charge in [-0.15, -0.1) is 0 Å². The number of nitrogens with zero attached hydrogens (tertiary/aromatic N) is 1. The number of aryl methyl sites for hydroxylation is 1. The number of rotatable bonds is 11. The molecule has 0 aliphatic rings. The maximum atomic E-state index is 13.2. The second-order valence-electron chi connectivity index (χ2n) is 8.12. The van der Waals surface area contributed by atoms with Crippen LogP contribution < -0.4 is 10.1 Å². The van der Waals surface area contributed by atoms with Crippen LogP contribution in [0.2, 0.25) is 10.0 Å². The first-order valence-electron chi connectivity index (χ1n) is 11.0. The van der Waals surface area contributed by atoms with E-state index >= 15 is 0 Å². The maximum absolute atomic E-state index is 13.2.